The molecule has 0 saturated heterocycles. The first-order chi connectivity index (χ1) is 11.7. The summed E-state index contributed by atoms with van der Waals surface area (Å²) >= 11 is 16.4. The molecule has 0 atom stereocenters. The molecule has 0 fully saturated rings. The van der Waals surface area contributed by atoms with Crippen molar-refractivity contribution < 1.29 is 20.1 Å². The number of nitrogens with zero attached hydrogens (tertiary/aromatic N) is 3. The number of hydrogen-bond acceptors (Lipinski definition) is 7. The van der Waals surface area contributed by atoms with Crippen LogP contribution in [0.4, 0.5) is 0 Å². The minimum Gasteiger partial charge on any atom is -0.506 e. The van der Waals surface area contributed by atoms with Gasteiger partial charge in [-0.15, -0.1) is 0 Å². The predicted octanol–water partition coefficient (Wildman–Crippen LogP) is 1.92. The number of phenolic OH excluding ortho intramolecular Hbond substituents is 2. The van der Waals surface area contributed by atoms with Crippen LogP contribution >= 0.6 is 35.4 Å². The molecule has 9 nitrogen and oxygen atoms in total. The van der Waals surface area contributed by atoms with Crippen LogP contribution in [0.3, 0.4) is 0 Å². The van der Waals surface area contributed by atoms with Crippen molar-refractivity contribution in [3.63, 3.8) is 0 Å². The Morgan fingerprint density at radius 1 is 1.40 bits per heavy atom. The number of nitrogens with one attached hydrogen (secondary N) is 1. The lowest BCUT2D eigenvalue weighted by atomic mass is 10.2. The molecule has 0 spiro atoms. The summed E-state index contributed by atoms with van der Waals surface area (Å²) in [6.07, 6.45) is 0.650. The number of aromatic hydroxyl groups is 2. The Kier molecular flexibility index (Phi) is 5.77. The Balaban J connectivity index is 2.46. The topological polar surface area (TPSA) is 141 Å². The van der Waals surface area contributed by atoms with Gasteiger partial charge in [0.25, 0.3) is 5.56 Å². The maximum absolute atomic E-state index is 12.2. The van der Waals surface area contributed by atoms with Crippen LogP contribution in [-0.2, 0) is 11.2 Å². The highest BCUT2D eigenvalue weighted by Gasteiger charge is 2.14. The highest BCUT2D eigenvalue weighted by Crippen LogP contribution is 2.40. The standard InChI is InChI=1S/C13H10Cl2N4O5S/c14-6-3-5(10(22)9(15)11(6)23)4-16-19-12(24)7(1-2-8(20)21)17-18-13(19)25/h3-4,22-23H,1-2H2,(H,18,25)(H,20,21)/b16-4-. The average molecular weight is 405 g/mol. The molecule has 2 rings (SSSR count). The summed E-state index contributed by atoms with van der Waals surface area (Å²) in [7, 11) is 0. The molecule has 1 aromatic carbocycles. The average Bonchev–Trinajstić information content (AvgIpc) is 2.56. The van der Waals surface area contributed by atoms with Gasteiger partial charge in [-0.25, -0.2) is 0 Å². The number of phenols is 2. The molecule has 2 aromatic rings. The zero-order valence-corrected chi connectivity index (χ0v) is 14.6. The Bertz CT molecular complexity index is 986. The monoisotopic (exact) mass is 404 g/mol. The molecule has 25 heavy (non-hydrogen) atoms. The number of aromatic nitrogens is 3. The summed E-state index contributed by atoms with van der Waals surface area (Å²) in [4.78, 5) is 22.9. The highest BCUT2D eigenvalue weighted by molar-refractivity contribution is 7.71. The lowest BCUT2D eigenvalue weighted by molar-refractivity contribution is -0.136. The molecule has 12 heteroatoms. The number of benzene rings is 1. The van der Waals surface area contributed by atoms with Crippen molar-refractivity contribution in [2.75, 3.05) is 0 Å². The second-order valence-corrected chi connectivity index (χ2v) is 5.86. The van der Waals surface area contributed by atoms with E-state index >= 15 is 0 Å². The van der Waals surface area contributed by atoms with Crippen LogP contribution in [0.2, 0.25) is 10.0 Å². The van der Waals surface area contributed by atoms with Crippen molar-refractivity contribution in [2.45, 2.75) is 12.8 Å². The van der Waals surface area contributed by atoms with Crippen LogP contribution in [0.15, 0.2) is 16.0 Å². The van der Waals surface area contributed by atoms with E-state index < -0.39 is 23.0 Å². The number of rotatable bonds is 5. The Morgan fingerprint density at radius 2 is 2.08 bits per heavy atom. The van der Waals surface area contributed by atoms with Crippen molar-refractivity contribution in [1.82, 2.24) is 14.9 Å². The maximum Gasteiger partial charge on any atom is 0.303 e. The zero-order valence-electron chi connectivity index (χ0n) is 12.2. The first kappa shape index (κ1) is 18.9. The van der Waals surface area contributed by atoms with E-state index in [2.05, 4.69) is 15.3 Å². The van der Waals surface area contributed by atoms with Gasteiger partial charge in [-0.2, -0.15) is 14.9 Å². The van der Waals surface area contributed by atoms with E-state index in [9.17, 15) is 19.8 Å². The van der Waals surface area contributed by atoms with E-state index in [0.717, 1.165) is 10.9 Å². The smallest absolute Gasteiger partial charge is 0.303 e. The third-order valence-electron chi connectivity index (χ3n) is 3.00. The number of carboxylic acid groups (broad SMARTS) is 1. The minimum atomic E-state index is -1.09. The second kappa shape index (κ2) is 7.64. The molecule has 0 aliphatic rings. The third-order valence-corrected chi connectivity index (χ3v) is 3.91. The molecule has 0 unspecified atom stereocenters. The molecular formula is C13H10Cl2N4O5S. The van der Waals surface area contributed by atoms with Gasteiger partial charge in [-0.05, 0) is 18.3 Å². The van der Waals surface area contributed by atoms with Crippen LogP contribution in [0.1, 0.15) is 17.7 Å². The van der Waals surface area contributed by atoms with E-state index in [4.69, 9.17) is 40.5 Å². The lowest BCUT2D eigenvalue weighted by Crippen LogP contribution is -2.25. The van der Waals surface area contributed by atoms with Crippen molar-refractivity contribution in [2.24, 2.45) is 5.10 Å². The third kappa shape index (κ3) is 4.16. The first-order valence-corrected chi connectivity index (χ1v) is 7.75. The number of carboxylic acids is 1. The number of hydrogen-bond donors (Lipinski definition) is 4. The van der Waals surface area contributed by atoms with Crippen LogP contribution < -0.4 is 5.56 Å². The number of aromatic amines is 1. The second-order valence-electron chi connectivity index (χ2n) is 4.69. The van der Waals surface area contributed by atoms with Gasteiger partial charge in [-0.1, -0.05) is 23.2 Å². The van der Waals surface area contributed by atoms with Gasteiger partial charge in [0.1, 0.15) is 16.5 Å². The minimum absolute atomic E-state index is 0.0259. The molecule has 0 aliphatic carbocycles. The van der Waals surface area contributed by atoms with Gasteiger partial charge in [0, 0.05) is 12.0 Å². The Hall–Kier alpha value is -2.43. The molecule has 4 N–H and O–H groups in total. The van der Waals surface area contributed by atoms with Gasteiger partial charge in [-0.3, -0.25) is 14.7 Å². The highest BCUT2D eigenvalue weighted by atomic mass is 35.5. The molecule has 0 amide bonds. The first-order valence-electron chi connectivity index (χ1n) is 6.59. The van der Waals surface area contributed by atoms with Crippen molar-refractivity contribution >= 4 is 47.6 Å². The van der Waals surface area contributed by atoms with E-state index in [-0.39, 0.29) is 38.9 Å². The maximum atomic E-state index is 12.2. The van der Waals surface area contributed by atoms with Crippen molar-refractivity contribution in [1.29, 1.82) is 0 Å². The fourth-order valence-corrected chi connectivity index (χ4v) is 2.40. The van der Waals surface area contributed by atoms with Gasteiger partial charge >= 0.3 is 5.97 Å². The number of halogens is 2. The van der Waals surface area contributed by atoms with Crippen LogP contribution in [0.25, 0.3) is 0 Å². The largest absolute Gasteiger partial charge is 0.506 e. The van der Waals surface area contributed by atoms with Gasteiger partial charge in [0.05, 0.1) is 17.7 Å². The molecule has 0 saturated carbocycles. The summed E-state index contributed by atoms with van der Waals surface area (Å²) in [6, 6.07) is 1.19. The number of carbonyl (C=O) groups is 1. The SMILES string of the molecule is O=C(O)CCc1n[nH]c(=S)n(/N=C\c2cc(Cl)c(O)c(Cl)c2O)c1=O. The fourth-order valence-electron chi connectivity index (χ4n) is 1.75. The molecule has 1 heterocycles. The van der Waals surface area contributed by atoms with E-state index in [0.29, 0.717) is 0 Å². The quantitative estimate of drug-likeness (QED) is 0.440. The summed E-state index contributed by atoms with van der Waals surface area (Å²) < 4.78 is 0.629. The summed E-state index contributed by atoms with van der Waals surface area (Å²) in [5.74, 6) is -2.07. The molecule has 132 valence electrons. The van der Waals surface area contributed by atoms with E-state index in [1.165, 1.54) is 6.07 Å². The van der Waals surface area contributed by atoms with Gasteiger partial charge in [0.2, 0.25) is 4.77 Å². The Labute approximate surface area is 154 Å². The van der Waals surface area contributed by atoms with Crippen molar-refractivity contribution in [3.8, 4) is 11.5 Å². The number of H-pyrrole nitrogens is 1. The van der Waals surface area contributed by atoms with Crippen LogP contribution in [0.5, 0.6) is 11.5 Å². The van der Waals surface area contributed by atoms with E-state index in [1.807, 2.05) is 0 Å². The summed E-state index contributed by atoms with van der Waals surface area (Å²) in [6.45, 7) is 0. The van der Waals surface area contributed by atoms with Gasteiger partial charge in [0.15, 0.2) is 5.75 Å². The van der Waals surface area contributed by atoms with Crippen LogP contribution in [0, 0.1) is 4.77 Å². The van der Waals surface area contributed by atoms with Crippen molar-refractivity contribution in [3.05, 3.63) is 42.5 Å². The van der Waals surface area contributed by atoms with E-state index in [1.54, 1.807) is 0 Å². The molecular weight excluding hydrogens is 395 g/mol. The lowest BCUT2D eigenvalue weighted by Gasteiger charge is -2.06. The molecule has 0 bridgehead atoms. The molecule has 1 aromatic heterocycles. The normalized spacial score (nSPS) is 11.1. The summed E-state index contributed by atoms with van der Waals surface area (Å²) in [5, 5.41) is 37.5. The fraction of sp³-hybridized carbons (Fsp3) is 0.154. The zero-order chi connectivity index (χ0) is 18.7. The number of aryl methyl sites for hydroxylation is 1. The molecule has 0 radical (unpaired) electrons. The van der Waals surface area contributed by atoms with Gasteiger partial charge < -0.3 is 15.3 Å². The number of aliphatic carboxylic acids is 1. The Morgan fingerprint density at radius 3 is 2.72 bits per heavy atom. The molecule has 0 aliphatic heterocycles. The summed E-state index contributed by atoms with van der Waals surface area (Å²) in [5.41, 5.74) is -0.756. The predicted molar refractivity (Wildman–Crippen MR) is 92.4 cm³/mol. The van der Waals surface area contributed by atoms with Crippen LogP contribution in [-0.4, -0.2) is 42.4 Å².